The van der Waals surface area contributed by atoms with E-state index in [1.54, 1.807) is 0 Å². The van der Waals surface area contributed by atoms with Crippen molar-refractivity contribution in [2.45, 2.75) is 46.6 Å². The largest absolute Gasteiger partial charge is 0.271 e. The molecule has 1 saturated carbocycles. The van der Waals surface area contributed by atoms with Crippen LogP contribution in [-0.4, -0.2) is 31.8 Å². The number of aromatic nitrogens is 4. The first-order chi connectivity index (χ1) is 11.9. The van der Waals surface area contributed by atoms with Crippen LogP contribution in [0, 0.1) is 11.3 Å². The molecule has 1 aromatic heterocycles. The molecule has 1 fully saturated rings. The lowest BCUT2D eigenvalue weighted by molar-refractivity contribution is -0.122. The van der Waals surface area contributed by atoms with E-state index in [0.29, 0.717) is 11.7 Å². The molecule has 1 amide bonds. The number of hydrazone groups is 1. The van der Waals surface area contributed by atoms with Crippen LogP contribution in [0.2, 0.25) is 0 Å². The number of carbonyl (C=O) groups excluding carboxylic acids is 1. The van der Waals surface area contributed by atoms with Gasteiger partial charge in [-0.25, -0.2) is 5.43 Å². The van der Waals surface area contributed by atoms with Crippen LogP contribution >= 0.6 is 0 Å². The van der Waals surface area contributed by atoms with Gasteiger partial charge < -0.3 is 0 Å². The zero-order valence-electron chi connectivity index (χ0n) is 14.9. The Labute approximate surface area is 147 Å². The molecule has 25 heavy (non-hydrogen) atoms. The van der Waals surface area contributed by atoms with Gasteiger partial charge >= 0.3 is 0 Å². The molecule has 7 heteroatoms. The smallest absolute Gasteiger partial charge is 0.263 e. The summed E-state index contributed by atoms with van der Waals surface area (Å²) >= 11 is 0. The Morgan fingerprint density at radius 2 is 2.12 bits per heavy atom. The number of amides is 1. The first-order valence-corrected chi connectivity index (χ1v) is 8.59. The highest BCUT2D eigenvalue weighted by Crippen LogP contribution is 2.36. The van der Waals surface area contributed by atoms with E-state index in [-0.39, 0.29) is 17.9 Å². The molecule has 7 nitrogen and oxygen atoms in total. The van der Waals surface area contributed by atoms with Crippen LogP contribution in [0.3, 0.4) is 0 Å². The van der Waals surface area contributed by atoms with Gasteiger partial charge in [0.15, 0.2) is 0 Å². The number of benzene rings is 1. The molecule has 1 unspecified atom stereocenters. The van der Waals surface area contributed by atoms with Crippen molar-refractivity contribution in [2.24, 2.45) is 16.4 Å². The van der Waals surface area contributed by atoms with Crippen molar-refractivity contribution in [3.05, 3.63) is 30.3 Å². The van der Waals surface area contributed by atoms with E-state index in [9.17, 15) is 4.79 Å². The number of nitrogens with zero attached hydrogens (tertiary/aromatic N) is 5. The second kappa shape index (κ2) is 7.13. The van der Waals surface area contributed by atoms with Gasteiger partial charge in [0.1, 0.15) is 6.54 Å². The van der Waals surface area contributed by atoms with Crippen molar-refractivity contribution >= 4 is 11.6 Å². The van der Waals surface area contributed by atoms with Gasteiger partial charge in [0.05, 0.1) is 0 Å². The Hall–Kier alpha value is -2.57. The number of nitrogens with one attached hydrogen (secondary N) is 1. The fraction of sp³-hybridized carbons (Fsp3) is 0.500. The summed E-state index contributed by atoms with van der Waals surface area (Å²) in [6, 6.07) is 9.55. The summed E-state index contributed by atoms with van der Waals surface area (Å²) in [6.07, 6.45) is 3.03. The van der Waals surface area contributed by atoms with Gasteiger partial charge in [-0.15, -0.1) is 10.2 Å². The monoisotopic (exact) mass is 340 g/mol. The minimum atomic E-state index is -0.249. The normalized spacial score (nSPS) is 21.2. The van der Waals surface area contributed by atoms with Crippen molar-refractivity contribution in [1.29, 1.82) is 0 Å². The molecule has 0 aliphatic heterocycles. The van der Waals surface area contributed by atoms with Gasteiger partial charge in [-0.3, -0.25) is 4.79 Å². The lowest BCUT2D eigenvalue weighted by Crippen LogP contribution is -2.31. The third kappa shape index (κ3) is 4.71. The molecule has 0 bridgehead atoms. The van der Waals surface area contributed by atoms with Crippen molar-refractivity contribution in [1.82, 2.24) is 25.6 Å². The third-order valence-corrected chi connectivity index (χ3v) is 4.28. The fourth-order valence-corrected chi connectivity index (χ4v) is 3.52. The third-order valence-electron chi connectivity index (χ3n) is 4.28. The topological polar surface area (TPSA) is 85.1 Å². The van der Waals surface area contributed by atoms with Gasteiger partial charge in [-0.2, -0.15) is 9.90 Å². The Bertz CT molecular complexity index is 765. The van der Waals surface area contributed by atoms with Crippen LogP contribution in [0.25, 0.3) is 11.4 Å². The zero-order chi connectivity index (χ0) is 17.9. The van der Waals surface area contributed by atoms with Gasteiger partial charge in [0.25, 0.3) is 5.91 Å². The summed E-state index contributed by atoms with van der Waals surface area (Å²) in [7, 11) is 0. The first-order valence-electron chi connectivity index (χ1n) is 8.59. The Morgan fingerprint density at radius 3 is 2.84 bits per heavy atom. The number of tetrazole rings is 1. The van der Waals surface area contributed by atoms with Gasteiger partial charge in [0, 0.05) is 11.3 Å². The maximum atomic E-state index is 12.1. The van der Waals surface area contributed by atoms with E-state index in [2.05, 4.69) is 46.7 Å². The van der Waals surface area contributed by atoms with E-state index in [4.69, 9.17) is 0 Å². The van der Waals surface area contributed by atoms with E-state index in [0.717, 1.165) is 24.1 Å². The maximum Gasteiger partial charge on any atom is 0.263 e. The lowest BCUT2D eigenvalue weighted by atomic mass is 9.72. The quantitative estimate of drug-likeness (QED) is 0.867. The summed E-state index contributed by atoms with van der Waals surface area (Å²) in [5.41, 5.74) is 4.78. The van der Waals surface area contributed by atoms with Crippen molar-refractivity contribution in [3.63, 3.8) is 0 Å². The number of hydrogen-bond acceptors (Lipinski definition) is 5. The molecule has 0 spiro atoms. The van der Waals surface area contributed by atoms with Crippen LogP contribution in [0.5, 0.6) is 0 Å². The molecule has 3 rings (SSSR count). The second-order valence-electron chi connectivity index (χ2n) is 7.58. The van der Waals surface area contributed by atoms with Crippen molar-refractivity contribution in [2.75, 3.05) is 0 Å². The Kier molecular flexibility index (Phi) is 4.92. The van der Waals surface area contributed by atoms with E-state index < -0.39 is 0 Å². The predicted molar refractivity (Wildman–Crippen MR) is 95.6 cm³/mol. The summed E-state index contributed by atoms with van der Waals surface area (Å²) < 4.78 is 0. The average Bonchev–Trinajstić information content (AvgIpc) is 3.00. The number of rotatable bonds is 4. The highest BCUT2D eigenvalue weighted by atomic mass is 16.2. The number of carbonyl (C=O) groups is 1. The van der Waals surface area contributed by atoms with Gasteiger partial charge in [-0.05, 0) is 35.8 Å². The summed E-state index contributed by atoms with van der Waals surface area (Å²) in [5.74, 6) is 0.841. The van der Waals surface area contributed by atoms with Crippen molar-refractivity contribution in [3.8, 4) is 11.4 Å². The molecule has 0 radical (unpaired) electrons. The van der Waals surface area contributed by atoms with Gasteiger partial charge in [0.2, 0.25) is 5.82 Å². The summed E-state index contributed by atoms with van der Waals surface area (Å²) in [5, 5.41) is 16.5. The van der Waals surface area contributed by atoms with Crippen LogP contribution in [-0.2, 0) is 11.3 Å². The Morgan fingerprint density at radius 1 is 1.36 bits per heavy atom. The van der Waals surface area contributed by atoms with Gasteiger partial charge in [-0.1, -0.05) is 51.1 Å². The second-order valence-corrected chi connectivity index (χ2v) is 7.58. The molecular weight excluding hydrogens is 316 g/mol. The minimum absolute atomic E-state index is 0.00440. The van der Waals surface area contributed by atoms with E-state index >= 15 is 0 Å². The highest BCUT2D eigenvalue weighted by Gasteiger charge is 2.29. The molecule has 0 saturated heterocycles. The molecule has 132 valence electrons. The van der Waals surface area contributed by atoms with Crippen LogP contribution in [0.4, 0.5) is 0 Å². The SMILES string of the molecule is CC1CC(=NNC(=O)Cn2nnc(-c3ccccc3)n2)CC(C)(C)C1. The van der Waals surface area contributed by atoms with Crippen LogP contribution in [0.15, 0.2) is 35.4 Å². The Balaban J connectivity index is 1.58. The van der Waals surface area contributed by atoms with Crippen LogP contribution < -0.4 is 5.43 Å². The fourth-order valence-electron chi connectivity index (χ4n) is 3.52. The molecule has 1 aliphatic rings. The minimum Gasteiger partial charge on any atom is -0.271 e. The predicted octanol–water partition coefficient (Wildman–Crippen LogP) is 2.66. The summed E-state index contributed by atoms with van der Waals surface area (Å²) in [4.78, 5) is 13.4. The van der Waals surface area contributed by atoms with Crippen LogP contribution in [0.1, 0.15) is 40.0 Å². The average molecular weight is 340 g/mol. The lowest BCUT2D eigenvalue weighted by Gasteiger charge is -2.34. The number of hydrogen-bond donors (Lipinski definition) is 1. The molecular formula is C18H24N6O. The molecule has 1 heterocycles. The molecule has 1 aliphatic carbocycles. The maximum absolute atomic E-state index is 12.1. The molecule has 2 aromatic rings. The molecule has 1 N–H and O–H groups in total. The van der Waals surface area contributed by atoms with E-state index in [1.807, 2.05) is 30.3 Å². The first kappa shape index (κ1) is 17.3. The zero-order valence-corrected chi connectivity index (χ0v) is 14.9. The van der Waals surface area contributed by atoms with E-state index in [1.165, 1.54) is 11.2 Å². The molecule has 1 aromatic carbocycles. The van der Waals surface area contributed by atoms with Crippen molar-refractivity contribution < 1.29 is 4.79 Å². The molecule has 1 atom stereocenters. The highest BCUT2D eigenvalue weighted by molar-refractivity contribution is 5.87. The summed E-state index contributed by atoms with van der Waals surface area (Å²) in [6.45, 7) is 6.70. The standard InChI is InChI=1S/C18H24N6O/c1-13-9-15(11-18(2,3)10-13)19-20-16(25)12-24-22-17(21-23-24)14-7-5-4-6-8-14/h4-8,13H,9-12H2,1-3H3,(H,20,25).